The maximum absolute atomic E-state index is 5.84. The van der Waals surface area contributed by atoms with E-state index in [9.17, 15) is 0 Å². The third-order valence-electron chi connectivity index (χ3n) is 2.59. The normalized spacial score (nSPS) is 11.0. The van der Waals surface area contributed by atoms with Gasteiger partial charge in [0.2, 0.25) is 5.95 Å². The van der Waals surface area contributed by atoms with Crippen molar-refractivity contribution in [1.82, 2.24) is 15.0 Å². The zero-order chi connectivity index (χ0) is 13.1. The summed E-state index contributed by atoms with van der Waals surface area (Å²) in [6.07, 6.45) is 1.69. The molecule has 0 unspecified atom stereocenters. The fraction of sp³-hybridized carbons (Fsp3) is 0.364. The minimum absolute atomic E-state index is 0.121. The maximum Gasteiger partial charge on any atom is 0.224 e. The molecule has 0 spiro atoms. The average molecular weight is 249 g/mol. The van der Waals surface area contributed by atoms with Gasteiger partial charge in [-0.2, -0.15) is 9.97 Å². The molecular formula is C11H15N5O2. The standard InChI is InChI=1S/C11H15N5O2/c1-6-7(4-18-5-17-2)3-14-10-8(6)9(12)15-11(13)16-10/h3H,4-5H2,1-2H3,(H4,12,13,14,15,16). The van der Waals surface area contributed by atoms with Gasteiger partial charge in [0.25, 0.3) is 0 Å². The Morgan fingerprint density at radius 2 is 2.06 bits per heavy atom. The Labute approximate surface area is 104 Å². The van der Waals surface area contributed by atoms with Crippen molar-refractivity contribution in [2.75, 3.05) is 25.4 Å². The summed E-state index contributed by atoms with van der Waals surface area (Å²) in [5, 5.41) is 0.711. The molecule has 0 saturated carbocycles. The van der Waals surface area contributed by atoms with Gasteiger partial charge in [0.05, 0.1) is 12.0 Å². The Morgan fingerprint density at radius 3 is 2.78 bits per heavy atom. The Bertz CT molecular complexity index is 573. The zero-order valence-corrected chi connectivity index (χ0v) is 10.3. The highest BCUT2D eigenvalue weighted by Gasteiger charge is 2.11. The van der Waals surface area contributed by atoms with Gasteiger partial charge in [0.15, 0.2) is 5.65 Å². The van der Waals surface area contributed by atoms with Crippen LogP contribution in [0.25, 0.3) is 11.0 Å². The van der Waals surface area contributed by atoms with E-state index in [0.717, 1.165) is 11.1 Å². The van der Waals surface area contributed by atoms with Crippen LogP contribution in [0.15, 0.2) is 6.20 Å². The van der Waals surface area contributed by atoms with E-state index in [0.29, 0.717) is 23.5 Å². The fourth-order valence-electron chi connectivity index (χ4n) is 1.71. The van der Waals surface area contributed by atoms with E-state index in [1.165, 1.54) is 0 Å². The second kappa shape index (κ2) is 5.11. The smallest absolute Gasteiger partial charge is 0.224 e. The third kappa shape index (κ3) is 2.31. The molecule has 0 atom stereocenters. The monoisotopic (exact) mass is 249 g/mol. The van der Waals surface area contributed by atoms with Crippen molar-refractivity contribution >= 4 is 22.8 Å². The lowest BCUT2D eigenvalue weighted by molar-refractivity contribution is -0.0392. The van der Waals surface area contributed by atoms with E-state index in [4.69, 9.17) is 20.9 Å². The maximum atomic E-state index is 5.84. The molecule has 0 saturated heterocycles. The predicted molar refractivity (Wildman–Crippen MR) is 67.6 cm³/mol. The highest BCUT2D eigenvalue weighted by Crippen LogP contribution is 2.23. The summed E-state index contributed by atoms with van der Waals surface area (Å²) in [7, 11) is 1.57. The topological polar surface area (TPSA) is 109 Å². The summed E-state index contributed by atoms with van der Waals surface area (Å²) in [6, 6.07) is 0. The Hall–Kier alpha value is -1.99. The van der Waals surface area contributed by atoms with Gasteiger partial charge in [-0.25, -0.2) is 4.98 Å². The molecule has 0 aliphatic rings. The van der Waals surface area contributed by atoms with Crippen LogP contribution in [0.1, 0.15) is 11.1 Å². The summed E-state index contributed by atoms with van der Waals surface area (Å²) in [6.45, 7) is 2.54. The van der Waals surface area contributed by atoms with E-state index in [1.807, 2.05) is 6.92 Å². The molecule has 18 heavy (non-hydrogen) atoms. The van der Waals surface area contributed by atoms with Crippen LogP contribution >= 0.6 is 0 Å². The lowest BCUT2D eigenvalue weighted by Crippen LogP contribution is -2.05. The molecule has 2 aromatic heterocycles. The Morgan fingerprint density at radius 1 is 1.28 bits per heavy atom. The van der Waals surface area contributed by atoms with Gasteiger partial charge in [-0.15, -0.1) is 0 Å². The van der Waals surface area contributed by atoms with E-state index in [1.54, 1.807) is 13.3 Å². The van der Waals surface area contributed by atoms with Crippen LogP contribution in [0.4, 0.5) is 11.8 Å². The average Bonchev–Trinajstić information content (AvgIpc) is 2.31. The number of aromatic nitrogens is 3. The molecule has 0 bridgehead atoms. The third-order valence-corrected chi connectivity index (χ3v) is 2.59. The second-order valence-corrected chi connectivity index (χ2v) is 3.83. The Kier molecular flexibility index (Phi) is 3.54. The van der Waals surface area contributed by atoms with Crippen LogP contribution < -0.4 is 11.5 Å². The van der Waals surface area contributed by atoms with E-state index in [-0.39, 0.29) is 12.7 Å². The number of pyridine rings is 1. The number of aryl methyl sites for hydroxylation is 1. The van der Waals surface area contributed by atoms with E-state index in [2.05, 4.69) is 15.0 Å². The first-order valence-corrected chi connectivity index (χ1v) is 5.37. The molecule has 2 heterocycles. The number of ether oxygens (including phenoxy) is 2. The number of hydrogen-bond acceptors (Lipinski definition) is 7. The summed E-state index contributed by atoms with van der Waals surface area (Å²) in [5.74, 6) is 0.450. The number of rotatable bonds is 4. The first-order valence-electron chi connectivity index (χ1n) is 5.37. The van der Waals surface area contributed by atoms with E-state index < -0.39 is 0 Å². The molecule has 0 fully saturated rings. The highest BCUT2D eigenvalue weighted by molar-refractivity contribution is 5.89. The number of nitrogen functional groups attached to an aromatic ring is 2. The van der Waals surface area contributed by atoms with Crippen molar-refractivity contribution in [1.29, 1.82) is 0 Å². The lowest BCUT2D eigenvalue weighted by Gasteiger charge is -2.10. The summed E-state index contributed by atoms with van der Waals surface area (Å²) in [5.41, 5.74) is 13.7. The molecule has 2 aromatic rings. The number of nitrogens with two attached hydrogens (primary N) is 2. The molecule has 0 aromatic carbocycles. The van der Waals surface area contributed by atoms with Crippen molar-refractivity contribution in [2.24, 2.45) is 0 Å². The van der Waals surface area contributed by atoms with Crippen LogP contribution in [-0.4, -0.2) is 28.9 Å². The summed E-state index contributed by atoms with van der Waals surface area (Å²) < 4.78 is 10.1. The molecule has 4 N–H and O–H groups in total. The Balaban J connectivity index is 2.43. The highest BCUT2D eigenvalue weighted by atomic mass is 16.7. The van der Waals surface area contributed by atoms with Crippen molar-refractivity contribution in [2.45, 2.75) is 13.5 Å². The quantitative estimate of drug-likeness (QED) is 0.603. The van der Waals surface area contributed by atoms with Gasteiger partial charge in [0.1, 0.15) is 12.6 Å². The molecule has 7 nitrogen and oxygen atoms in total. The number of nitrogens with zero attached hydrogens (tertiary/aromatic N) is 3. The first kappa shape index (κ1) is 12.5. The van der Waals surface area contributed by atoms with Crippen molar-refractivity contribution in [3.8, 4) is 0 Å². The molecule has 0 aliphatic heterocycles. The largest absolute Gasteiger partial charge is 0.383 e. The minimum Gasteiger partial charge on any atom is -0.383 e. The summed E-state index contributed by atoms with van der Waals surface area (Å²) in [4.78, 5) is 12.2. The first-order chi connectivity index (χ1) is 8.63. The zero-order valence-electron chi connectivity index (χ0n) is 10.3. The van der Waals surface area contributed by atoms with Crippen LogP contribution in [0.2, 0.25) is 0 Å². The molecule has 0 radical (unpaired) electrons. The van der Waals surface area contributed by atoms with E-state index >= 15 is 0 Å². The van der Waals surface area contributed by atoms with Gasteiger partial charge in [-0.05, 0) is 18.1 Å². The van der Waals surface area contributed by atoms with Crippen molar-refractivity contribution in [3.05, 3.63) is 17.3 Å². The number of hydrogen-bond donors (Lipinski definition) is 2. The van der Waals surface area contributed by atoms with Gasteiger partial charge in [-0.1, -0.05) is 0 Å². The SMILES string of the molecule is COCOCc1cnc2nc(N)nc(N)c2c1C. The summed E-state index contributed by atoms with van der Waals surface area (Å²) >= 11 is 0. The number of anilines is 2. The van der Waals surface area contributed by atoms with Crippen LogP contribution in [0, 0.1) is 6.92 Å². The molecule has 7 heteroatoms. The van der Waals surface area contributed by atoms with Crippen molar-refractivity contribution < 1.29 is 9.47 Å². The predicted octanol–water partition coefficient (Wildman–Crippen LogP) is 0.618. The van der Waals surface area contributed by atoms with Crippen molar-refractivity contribution in [3.63, 3.8) is 0 Å². The molecular weight excluding hydrogens is 234 g/mol. The van der Waals surface area contributed by atoms with Crippen LogP contribution in [0.5, 0.6) is 0 Å². The number of methoxy groups -OCH3 is 1. The van der Waals surface area contributed by atoms with Gasteiger partial charge >= 0.3 is 0 Å². The minimum atomic E-state index is 0.121. The molecule has 0 aliphatic carbocycles. The molecule has 0 amide bonds. The van der Waals surface area contributed by atoms with Gasteiger partial charge in [0, 0.05) is 13.3 Å². The molecule has 96 valence electrons. The number of fused-ring (bicyclic) bond motifs is 1. The van der Waals surface area contributed by atoms with Crippen LogP contribution in [0.3, 0.4) is 0 Å². The van der Waals surface area contributed by atoms with Gasteiger partial charge < -0.3 is 20.9 Å². The fourth-order valence-corrected chi connectivity index (χ4v) is 1.71. The molecule has 2 rings (SSSR count). The van der Waals surface area contributed by atoms with Gasteiger partial charge in [-0.3, -0.25) is 0 Å². The lowest BCUT2D eigenvalue weighted by atomic mass is 10.1. The second-order valence-electron chi connectivity index (χ2n) is 3.83. The van der Waals surface area contributed by atoms with Crippen LogP contribution in [-0.2, 0) is 16.1 Å².